The van der Waals surface area contributed by atoms with Crippen molar-refractivity contribution >= 4 is 0 Å². The molecule has 1 saturated heterocycles. The average Bonchev–Trinajstić information content (AvgIpc) is 2.75. The molecule has 0 unspecified atom stereocenters. The number of hydrogen-bond donors (Lipinski definition) is 2. The van der Waals surface area contributed by atoms with Gasteiger partial charge in [0, 0.05) is 6.42 Å². The first-order chi connectivity index (χ1) is 9.90. The molecule has 4 nitrogen and oxygen atoms in total. The fourth-order valence-electron chi connectivity index (χ4n) is 3.04. The molecule has 4 heteroatoms. The van der Waals surface area contributed by atoms with E-state index < -0.39 is 18.0 Å². The molecule has 0 bridgehead atoms. The van der Waals surface area contributed by atoms with E-state index in [1.807, 2.05) is 6.92 Å². The van der Waals surface area contributed by atoms with E-state index in [1.54, 1.807) is 0 Å². The summed E-state index contributed by atoms with van der Waals surface area (Å²) in [5.74, 6) is 0.872. The molecule has 126 valence electrons. The molecule has 0 amide bonds. The third kappa shape index (κ3) is 6.64. The second-order valence-electron chi connectivity index (χ2n) is 7.13. The number of aliphatic hydroxyl groups is 2. The van der Waals surface area contributed by atoms with E-state index in [1.165, 1.54) is 25.7 Å². The van der Waals surface area contributed by atoms with E-state index in [0.29, 0.717) is 0 Å². The van der Waals surface area contributed by atoms with Crippen molar-refractivity contribution < 1.29 is 19.7 Å². The van der Waals surface area contributed by atoms with Crippen LogP contribution in [0.3, 0.4) is 0 Å². The summed E-state index contributed by atoms with van der Waals surface area (Å²) in [6.45, 7) is 8.56. The Labute approximate surface area is 129 Å². The fraction of sp³-hybridized carbons (Fsp3) is 1.00. The highest BCUT2D eigenvalue weighted by atomic mass is 16.8. The minimum Gasteiger partial charge on any atom is -0.394 e. The molecule has 1 rings (SSSR count). The third-order valence-corrected chi connectivity index (χ3v) is 4.38. The van der Waals surface area contributed by atoms with Gasteiger partial charge in [-0.2, -0.15) is 0 Å². The molecular formula is C17H34O4. The molecule has 21 heavy (non-hydrogen) atoms. The lowest BCUT2D eigenvalue weighted by atomic mass is 9.94. The molecule has 3 atom stereocenters. The van der Waals surface area contributed by atoms with Gasteiger partial charge in [-0.05, 0) is 25.2 Å². The van der Waals surface area contributed by atoms with Crippen LogP contribution in [0, 0.1) is 11.8 Å². The molecule has 0 aliphatic carbocycles. The van der Waals surface area contributed by atoms with Gasteiger partial charge in [-0.1, -0.05) is 46.5 Å². The summed E-state index contributed by atoms with van der Waals surface area (Å²) in [7, 11) is 0. The normalized spacial score (nSPS) is 26.4. The summed E-state index contributed by atoms with van der Waals surface area (Å²) in [4.78, 5) is 0. The molecule has 1 aliphatic rings. The zero-order valence-electron chi connectivity index (χ0n) is 14.2. The summed E-state index contributed by atoms with van der Waals surface area (Å²) < 4.78 is 11.5. The maximum absolute atomic E-state index is 9.24. The Morgan fingerprint density at radius 1 is 0.905 bits per heavy atom. The highest BCUT2D eigenvalue weighted by Crippen LogP contribution is 2.33. The summed E-state index contributed by atoms with van der Waals surface area (Å²) in [6.07, 6.45) is 6.15. The lowest BCUT2D eigenvalue weighted by molar-refractivity contribution is -0.171. The second-order valence-corrected chi connectivity index (χ2v) is 7.13. The van der Waals surface area contributed by atoms with Crippen molar-refractivity contribution in [1.29, 1.82) is 0 Å². The van der Waals surface area contributed by atoms with Gasteiger partial charge in [-0.3, -0.25) is 0 Å². The number of ether oxygens (including phenoxy) is 2. The number of rotatable bonds is 10. The van der Waals surface area contributed by atoms with Crippen molar-refractivity contribution in [1.82, 2.24) is 0 Å². The lowest BCUT2D eigenvalue weighted by Crippen LogP contribution is -2.29. The largest absolute Gasteiger partial charge is 0.394 e. The fourth-order valence-corrected chi connectivity index (χ4v) is 3.04. The van der Waals surface area contributed by atoms with E-state index in [4.69, 9.17) is 9.47 Å². The van der Waals surface area contributed by atoms with Gasteiger partial charge in [0.15, 0.2) is 5.79 Å². The van der Waals surface area contributed by atoms with Crippen molar-refractivity contribution in [2.75, 3.05) is 13.2 Å². The molecule has 0 spiro atoms. The van der Waals surface area contributed by atoms with Crippen LogP contribution >= 0.6 is 0 Å². The molecule has 0 saturated carbocycles. The van der Waals surface area contributed by atoms with Gasteiger partial charge in [0.2, 0.25) is 0 Å². The van der Waals surface area contributed by atoms with Gasteiger partial charge in [-0.15, -0.1) is 0 Å². The van der Waals surface area contributed by atoms with Gasteiger partial charge in [0.1, 0.15) is 12.2 Å². The Morgan fingerprint density at radius 3 is 1.90 bits per heavy atom. The summed E-state index contributed by atoms with van der Waals surface area (Å²) >= 11 is 0. The summed E-state index contributed by atoms with van der Waals surface area (Å²) in [6, 6.07) is 0. The van der Waals surface area contributed by atoms with Crippen LogP contribution in [0.5, 0.6) is 0 Å². The van der Waals surface area contributed by atoms with Crippen LogP contribution in [0.15, 0.2) is 0 Å². The van der Waals surface area contributed by atoms with E-state index in [-0.39, 0.29) is 13.2 Å². The number of hydrogen-bond acceptors (Lipinski definition) is 4. The van der Waals surface area contributed by atoms with Crippen LogP contribution in [-0.4, -0.2) is 41.4 Å². The molecule has 0 aromatic rings. The Hall–Kier alpha value is -0.160. The maximum Gasteiger partial charge on any atom is 0.166 e. The van der Waals surface area contributed by atoms with Gasteiger partial charge >= 0.3 is 0 Å². The van der Waals surface area contributed by atoms with Crippen LogP contribution in [0.25, 0.3) is 0 Å². The minimum absolute atomic E-state index is 0.105. The Kier molecular flexibility index (Phi) is 8.17. The monoisotopic (exact) mass is 302 g/mol. The molecule has 1 fully saturated rings. The Balaban J connectivity index is 2.22. The third-order valence-electron chi connectivity index (χ3n) is 4.38. The predicted octanol–water partition coefficient (Wildman–Crippen LogP) is 3.10. The van der Waals surface area contributed by atoms with E-state index in [9.17, 15) is 10.2 Å². The second kappa shape index (κ2) is 9.09. The maximum atomic E-state index is 9.24. The molecule has 0 radical (unpaired) electrons. The van der Waals surface area contributed by atoms with Gasteiger partial charge in [0.05, 0.1) is 13.2 Å². The van der Waals surface area contributed by atoms with Gasteiger partial charge < -0.3 is 19.7 Å². The first-order valence-corrected chi connectivity index (χ1v) is 8.47. The zero-order chi connectivity index (χ0) is 15.9. The van der Waals surface area contributed by atoms with Crippen LogP contribution in [-0.2, 0) is 9.47 Å². The summed E-state index contributed by atoms with van der Waals surface area (Å²) in [5.41, 5.74) is 0. The molecule has 1 heterocycles. The van der Waals surface area contributed by atoms with Gasteiger partial charge in [-0.25, -0.2) is 0 Å². The van der Waals surface area contributed by atoms with Crippen molar-refractivity contribution in [3.8, 4) is 0 Å². The van der Waals surface area contributed by atoms with Crippen molar-refractivity contribution in [3.05, 3.63) is 0 Å². The van der Waals surface area contributed by atoms with Crippen LogP contribution < -0.4 is 0 Å². The van der Waals surface area contributed by atoms with Crippen molar-refractivity contribution in [2.45, 2.75) is 84.2 Å². The van der Waals surface area contributed by atoms with Crippen LogP contribution in [0.4, 0.5) is 0 Å². The topological polar surface area (TPSA) is 58.9 Å². The first kappa shape index (κ1) is 18.9. The highest BCUT2D eigenvalue weighted by Gasteiger charge is 2.43. The van der Waals surface area contributed by atoms with E-state index in [2.05, 4.69) is 20.8 Å². The van der Waals surface area contributed by atoms with Crippen molar-refractivity contribution in [2.24, 2.45) is 11.8 Å². The lowest BCUT2D eigenvalue weighted by Gasteiger charge is -2.24. The molecule has 0 aromatic heterocycles. The van der Waals surface area contributed by atoms with Crippen LogP contribution in [0.1, 0.15) is 66.2 Å². The zero-order valence-corrected chi connectivity index (χ0v) is 14.2. The Morgan fingerprint density at radius 2 is 1.43 bits per heavy atom. The standard InChI is InChI=1S/C17H34O4/c1-13(2)7-5-8-14(3)9-6-10-17(4)20-15(11-18)16(12-19)21-17/h13-16,18-19H,5-12H2,1-4H3/t14-,15+,16+/m1/s1. The Bertz CT molecular complexity index is 268. The average molecular weight is 302 g/mol. The quantitative estimate of drug-likeness (QED) is 0.651. The predicted molar refractivity (Wildman–Crippen MR) is 84.0 cm³/mol. The van der Waals surface area contributed by atoms with Gasteiger partial charge in [0.25, 0.3) is 0 Å². The minimum atomic E-state index is -0.654. The first-order valence-electron chi connectivity index (χ1n) is 8.47. The van der Waals surface area contributed by atoms with E-state index in [0.717, 1.165) is 24.7 Å². The SMILES string of the molecule is CC(C)CCC[C@@H](C)CCCC1(C)O[C@@H](CO)[C@H](CO)O1. The molecular weight excluding hydrogens is 268 g/mol. The highest BCUT2D eigenvalue weighted by molar-refractivity contribution is 4.83. The summed E-state index contributed by atoms with van der Waals surface area (Å²) in [5, 5.41) is 18.5. The van der Waals surface area contributed by atoms with E-state index >= 15 is 0 Å². The molecule has 0 aromatic carbocycles. The molecule has 1 aliphatic heterocycles. The van der Waals surface area contributed by atoms with Crippen LogP contribution in [0.2, 0.25) is 0 Å². The number of aliphatic hydroxyl groups excluding tert-OH is 2. The molecule has 2 N–H and O–H groups in total. The smallest absolute Gasteiger partial charge is 0.166 e. The van der Waals surface area contributed by atoms with Crippen molar-refractivity contribution in [3.63, 3.8) is 0 Å².